The van der Waals surface area contributed by atoms with Crippen LogP contribution in [-0.2, 0) is 0 Å². The number of carbonyl (C=O) groups excluding carboxylic acids is 1. The lowest BCUT2D eigenvalue weighted by Gasteiger charge is -2.34. The Morgan fingerprint density at radius 3 is 3.06 bits per heavy atom. The van der Waals surface area contributed by atoms with Gasteiger partial charge in [0.05, 0.1) is 0 Å². The summed E-state index contributed by atoms with van der Waals surface area (Å²) in [4.78, 5) is 13.8. The predicted molar refractivity (Wildman–Crippen MR) is 75.1 cm³/mol. The van der Waals surface area contributed by atoms with Gasteiger partial charge in [-0.3, -0.25) is 4.79 Å². The van der Waals surface area contributed by atoms with E-state index in [1.165, 1.54) is 18.5 Å². The van der Waals surface area contributed by atoms with E-state index >= 15 is 0 Å². The second-order valence-corrected chi connectivity index (χ2v) is 5.14. The van der Waals surface area contributed by atoms with Gasteiger partial charge in [0, 0.05) is 24.3 Å². The van der Waals surface area contributed by atoms with Crippen LogP contribution in [0.3, 0.4) is 0 Å². The van der Waals surface area contributed by atoms with Gasteiger partial charge in [0.15, 0.2) is 5.78 Å². The fourth-order valence-electron chi connectivity index (χ4n) is 2.69. The quantitative estimate of drug-likeness (QED) is 0.830. The van der Waals surface area contributed by atoms with Gasteiger partial charge in [-0.05, 0) is 50.8 Å². The van der Waals surface area contributed by atoms with Crippen molar-refractivity contribution in [1.82, 2.24) is 0 Å². The molecule has 0 spiro atoms. The topological polar surface area (TPSA) is 46.3 Å². The zero-order chi connectivity index (χ0) is 13.0. The summed E-state index contributed by atoms with van der Waals surface area (Å²) in [5.41, 5.74) is 7.61. The van der Waals surface area contributed by atoms with Crippen LogP contribution < -0.4 is 10.6 Å². The van der Waals surface area contributed by atoms with Crippen LogP contribution in [0, 0.1) is 5.92 Å². The summed E-state index contributed by atoms with van der Waals surface area (Å²) in [6, 6.07) is 7.95. The second kappa shape index (κ2) is 6.01. The molecule has 0 bridgehead atoms. The average Bonchev–Trinajstić information content (AvgIpc) is 2.39. The minimum absolute atomic E-state index is 0.132. The lowest BCUT2D eigenvalue weighted by molar-refractivity contribution is 0.101. The van der Waals surface area contributed by atoms with Crippen molar-refractivity contribution in [2.45, 2.75) is 26.2 Å². The Kier molecular flexibility index (Phi) is 4.37. The Balaban J connectivity index is 2.10. The number of hydrogen-bond donors (Lipinski definition) is 1. The number of Topliss-reactive ketones (excluding diaryl/α,β-unsaturated/α-hetero) is 1. The first kappa shape index (κ1) is 13.1. The van der Waals surface area contributed by atoms with Crippen LogP contribution in [0.25, 0.3) is 0 Å². The smallest absolute Gasteiger partial charge is 0.159 e. The number of rotatable bonds is 4. The van der Waals surface area contributed by atoms with Crippen molar-refractivity contribution in [3.8, 4) is 0 Å². The van der Waals surface area contributed by atoms with E-state index in [2.05, 4.69) is 11.0 Å². The monoisotopic (exact) mass is 246 g/mol. The molecule has 2 N–H and O–H groups in total. The Bertz CT molecular complexity index is 415. The molecule has 1 aromatic carbocycles. The largest absolute Gasteiger partial charge is 0.371 e. The van der Waals surface area contributed by atoms with Crippen molar-refractivity contribution in [3.05, 3.63) is 29.8 Å². The van der Waals surface area contributed by atoms with Gasteiger partial charge < -0.3 is 10.6 Å². The van der Waals surface area contributed by atoms with Gasteiger partial charge in [0.1, 0.15) is 0 Å². The minimum Gasteiger partial charge on any atom is -0.371 e. The average molecular weight is 246 g/mol. The third kappa shape index (κ3) is 3.10. The summed E-state index contributed by atoms with van der Waals surface area (Å²) in [7, 11) is 0. The van der Waals surface area contributed by atoms with Gasteiger partial charge in [0.25, 0.3) is 0 Å². The summed E-state index contributed by atoms with van der Waals surface area (Å²) in [6.45, 7) is 4.54. The van der Waals surface area contributed by atoms with E-state index in [4.69, 9.17) is 5.73 Å². The van der Waals surface area contributed by atoms with Crippen molar-refractivity contribution in [3.63, 3.8) is 0 Å². The van der Waals surface area contributed by atoms with Crippen LogP contribution in [-0.4, -0.2) is 25.4 Å². The molecule has 0 amide bonds. The molecule has 3 nitrogen and oxygen atoms in total. The highest BCUT2D eigenvalue weighted by Crippen LogP contribution is 2.25. The maximum atomic E-state index is 11.4. The summed E-state index contributed by atoms with van der Waals surface area (Å²) >= 11 is 0. The van der Waals surface area contributed by atoms with Crippen molar-refractivity contribution in [2.24, 2.45) is 11.7 Å². The number of piperidine rings is 1. The van der Waals surface area contributed by atoms with Gasteiger partial charge in [0.2, 0.25) is 0 Å². The molecular formula is C15H22N2O. The molecule has 1 aliphatic heterocycles. The summed E-state index contributed by atoms with van der Waals surface area (Å²) in [6.07, 6.45) is 3.60. The molecule has 1 aliphatic rings. The number of ketones is 1. The summed E-state index contributed by atoms with van der Waals surface area (Å²) < 4.78 is 0. The lowest BCUT2D eigenvalue weighted by Crippen LogP contribution is -2.36. The van der Waals surface area contributed by atoms with Gasteiger partial charge in [-0.25, -0.2) is 0 Å². The third-order valence-corrected chi connectivity index (χ3v) is 3.71. The molecule has 1 atom stereocenters. The van der Waals surface area contributed by atoms with Gasteiger partial charge in [-0.15, -0.1) is 0 Å². The van der Waals surface area contributed by atoms with Crippen LogP contribution in [0.15, 0.2) is 24.3 Å². The normalized spacial score (nSPS) is 19.9. The van der Waals surface area contributed by atoms with Crippen LogP contribution in [0.1, 0.15) is 36.5 Å². The number of anilines is 1. The highest BCUT2D eigenvalue weighted by atomic mass is 16.1. The number of carbonyl (C=O) groups is 1. The molecule has 0 radical (unpaired) electrons. The lowest BCUT2D eigenvalue weighted by atomic mass is 9.94. The van der Waals surface area contributed by atoms with Crippen molar-refractivity contribution < 1.29 is 4.79 Å². The molecule has 1 unspecified atom stereocenters. The number of benzene rings is 1. The molecule has 0 aliphatic carbocycles. The molecule has 2 rings (SSSR count). The number of hydrogen-bond acceptors (Lipinski definition) is 3. The van der Waals surface area contributed by atoms with E-state index in [1.807, 2.05) is 18.2 Å². The van der Waals surface area contributed by atoms with E-state index < -0.39 is 0 Å². The molecule has 0 aromatic heterocycles. The Hall–Kier alpha value is -1.35. The van der Waals surface area contributed by atoms with Crippen LogP contribution in [0.2, 0.25) is 0 Å². The Morgan fingerprint density at radius 2 is 2.33 bits per heavy atom. The van der Waals surface area contributed by atoms with E-state index in [0.29, 0.717) is 5.92 Å². The van der Waals surface area contributed by atoms with Gasteiger partial charge >= 0.3 is 0 Å². The number of nitrogens with two attached hydrogens (primary N) is 1. The molecule has 1 fully saturated rings. The highest BCUT2D eigenvalue weighted by Gasteiger charge is 2.19. The second-order valence-electron chi connectivity index (χ2n) is 5.14. The SMILES string of the molecule is CC(=O)c1cccc(N2CCCC(CCN)C2)c1. The van der Waals surface area contributed by atoms with Gasteiger partial charge in [-0.2, -0.15) is 0 Å². The minimum atomic E-state index is 0.132. The molecule has 1 aromatic rings. The number of nitrogens with zero attached hydrogens (tertiary/aromatic N) is 1. The predicted octanol–water partition coefficient (Wildman–Crippen LogP) is 2.45. The van der Waals surface area contributed by atoms with E-state index in [-0.39, 0.29) is 5.78 Å². The first-order valence-corrected chi connectivity index (χ1v) is 6.76. The third-order valence-electron chi connectivity index (χ3n) is 3.71. The molecule has 1 heterocycles. The molecule has 18 heavy (non-hydrogen) atoms. The maximum Gasteiger partial charge on any atom is 0.159 e. The first-order valence-electron chi connectivity index (χ1n) is 6.76. The van der Waals surface area contributed by atoms with Crippen LogP contribution in [0.5, 0.6) is 0 Å². The molecule has 3 heteroatoms. The van der Waals surface area contributed by atoms with Crippen LogP contribution >= 0.6 is 0 Å². The maximum absolute atomic E-state index is 11.4. The fraction of sp³-hybridized carbons (Fsp3) is 0.533. The molecule has 0 saturated carbocycles. The fourth-order valence-corrected chi connectivity index (χ4v) is 2.69. The van der Waals surface area contributed by atoms with E-state index in [0.717, 1.165) is 31.6 Å². The van der Waals surface area contributed by atoms with Crippen LogP contribution in [0.4, 0.5) is 5.69 Å². The summed E-state index contributed by atoms with van der Waals surface area (Å²) in [5, 5.41) is 0. The highest BCUT2D eigenvalue weighted by molar-refractivity contribution is 5.94. The van der Waals surface area contributed by atoms with Crippen molar-refractivity contribution in [1.29, 1.82) is 0 Å². The van der Waals surface area contributed by atoms with Crippen molar-refractivity contribution in [2.75, 3.05) is 24.5 Å². The van der Waals surface area contributed by atoms with Gasteiger partial charge in [-0.1, -0.05) is 12.1 Å². The zero-order valence-electron chi connectivity index (χ0n) is 11.1. The molecular weight excluding hydrogens is 224 g/mol. The van der Waals surface area contributed by atoms with E-state index in [1.54, 1.807) is 6.92 Å². The zero-order valence-corrected chi connectivity index (χ0v) is 11.1. The Labute approximate surface area is 109 Å². The molecule has 98 valence electrons. The first-order chi connectivity index (χ1) is 8.70. The van der Waals surface area contributed by atoms with Crippen molar-refractivity contribution >= 4 is 11.5 Å². The summed E-state index contributed by atoms with van der Waals surface area (Å²) in [5.74, 6) is 0.831. The molecule has 1 saturated heterocycles. The Morgan fingerprint density at radius 1 is 1.50 bits per heavy atom. The van der Waals surface area contributed by atoms with E-state index in [9.17, 15) is 4.79 Å². The standard InChI is InChI=1S/C15H22N2O/c1-12(18)14-5-2-6-15(10-14)17-9-3-4-13(11-17)7-8-16/h2,5-6,10,13H,3-4,7-9,11,16H2,1H3.